The van der Waals surface area contributed by atoms with Crippen molar-refractivity contribution in [3.8, 4) is 11.3 Å². The van der Waals surface area contributed by atoms with Gasteiger partial charge in [0.05, 0.1) is 11.8 Å². The van der Waals surface area contributed by atoms with E-state index < -0.39 is 6.10 Å². The van der Waals surface area contributed by atoms with Crippen molar-refractivity contribution in [2.45, 2.75) is 25.5 Å². The fraction of sp³-hybridized carbons (Fsp3) is 0.333. The molecule has 5 heteroatoms. The maximum absolute atomic E-state index is 10.8. The Morgan fingerprint density at radius 1 is 1.15 bits per heavy atom. The lowest BCUT2D eigenvalue weighted by atomic mass is 9.92. The van der Waals surface area contributed by atoms with Crippen LogP contribution in [0, 0.1) is 5.41 Å². The minimum Gasteiger partial charge on any atom is -0.388 e. The Hall–Kier alpha value is -2.50. The normalized spacial score (nSPS) is 16.4. The molecule has 1 fully saturated rings. The molecule has 134 valence electrons. The van der Waals surface area contributed by atoms with Gasteiger partial charge in [0.25, 0.3) is 0 Å². The fourth-order valence-electron chi connectivity index (χ4n) is 3.56. The number of aryl methyl sites for hydroxylation is 1. The van der Waals surface area contributed by atoms with Crippen LogP contribution in [0.25, 0.3) is 11.3 Å². The lowest BCUT2D eigenvalue weighted by Crippen LogP contribution is -2.28. The molecule has 1 saturated carbocycles. The van der Waals surface area contributed by atoms with Gasteiger partial charge in [0.1, 0.15) is 0 Å². The van der Waals surface area contributed by atoms with Crippen molar-refractivity contribution in [2.24, 2.45) is 12.5 Å². The number of aliphatic hydroxyl groups is 1. The highest BCUT2D eigenvalue weighted by atomic mass is 16.3. The predicted molar refractivity (Wildman–Crippen MR) is 101 cm³/mol. The zero-order valence-electron chi connectivity index (χ0n) is 15.0. The van der Waals surface area contributed by atoms with Crippen LogP contribution in [0.4, 0.5) is 0 Å². The minimum absolute atomic E-state index is 0.0413. The van der Waals surface area contributed by atoms with Gasteiger partial charge in [-0.1, -0.05) is 30.3 Å². The molecule has 0 spiro atoms. The highest BCUT2D eigenvalue weighted by molar-refractivity contribution is 5.61. The minimum atomic E-state index is -0.412. The molecule has 0 aliphatic heterocycles. The maximum atomic E-state index is 10.8. The van der Waals surface area contributed by atoms with Crippen LogP contribution < -0.4 is 5.32 Å². The molecule has 26 heavy (non-hydrogen) atoms. The first-order valence-corrected chi connectivity index (χ1v) is 9.05. The van der Waals surface area contributed by atoms with Crippen molar-refractivity contribution < 1.29 is 5.11 Å². The summed E-state index contributed by atoms with van der Waals surface area (Å²) in [5.41, 5.74) is 4.17. The van der Waals surface area contributed by atoms with Crippen LogP contribution in [-0.2, 0) is 13.6 Å². The van der Waals surface area contributed by atoms with E-state index in [4.69, 9.17) is 0 Å². The molecule has 0 saturated heterocycles. The summed E-state index contributed by atoms with van der Waals surface area (Å²) >= 11 is 0. The molecule has 2 heterocycles. The van der Waals surface area contributed by atoms with E-state index in [0.29, 0.717) is 0 Å². The standard InChI is InChI=1S/C21H24N4O/c1-25-14-18(19(24-25)16-7-11-22-12-8-16)13-23-15-21(9-10-21)20(26)17-5-3-2-4-6-17/h2-8,11-12,14,20,23,26H,9-10,13,15H2,1H3. The second-order valence-corrected chi connectivity index (χ2v) is 7.19. The van der Waals surface area contributed by atoms with Crippen molar-refractivity contribution in [1.29, 1.82) is 0 Å². The van der Waals surface area contributed by atoms with Gasteiger partial charge < -0.3 is 10.4 Å². The summed E-state index contributed by atoms with van der Waals surface area (Å²) in [4.78, 5) is 4.08. The lowest BCUT2D eigenvalue weighted by molar-refractivity contribution is 0.0917. The van der Waals surface area contributed by atoms with Gasteiger partial charge in [0.15, 0.2) is 0 Å². The summed E-state index contributed by atoms with van der Waals surface area (Å²) in [6.45, 7) is 1.53. The van der Waals surface area contributed by atoms with Crippen molar-refractivity contribution in [1.82, 2.24) is 20.1 Å². The summed E-state index contributed by atoms with van der Waals surface area (Å²) in [5, 5.41) is 18.9. The Morgan fingerprint density at radius 2 is 1.88 bits per heavy atom. The molecule has 1 aromatic carbocycles. The van der Waals surface area contributed by atoms with E-state index in [1.165, 1.54) is 0 Å². The molecule has 2 N–H and O–H groups in total. The molecule has 2 aromatic heterocycles. The number of benzene rings is 1. The van der Waals surface area contributed by atoms with Crippen LogP contribution in [0.1, 0.15) is 30.1 Å². The second kappa shape index (κ2) is 7.02. The first-order chi connectivity index (χ1) is 12.7. The first kappa shape index (κ1) is 16.9. The van der Waals surface area contributed by atoms with E-state index in [2.05, 4.69) is 21.6 Å². The number of aromatic nitrogens is 3. The number of hydrogen-bond acceptors (Lipinski definition) is 4. The average molecular weight is 348 g/mol. The lowest BCUT2D eigenvalue weighted by Gasteiger charge is -2.23. The summed E-state index contributed by atoms with van der Waals surface area (Å²) in [5.74, 6) is 0. The molecule has 1 unspecified atom stereocenters. The van der Waals surface area contributed by atoms with Gasteiger partial charge in [-0.2, -0.15) is 5.10 Å². The van der Waals surface area contributed by atoms with Gasteiger partial charge >= 0.3 is 0 Å². The Morgan fingerprint density at radius 3 is 2.58 bits per heavy atom. The van der Waals surface area contributed by atoms with Gasteiger partial charge in [0, 0.05) is 55.3 Å². The van der Waals surface area contributed by atoms with E-state index in [-0.39, 0.29) is 5.41 Å². The predicted octanol–water partition coefficient (Wildman–Crippen LogP) is 3.09. The van der Waals surface area contributed by atoms with Gasteiger partial charge in [-0.25, -0.2) is 0 Å². The number of nitrogens with zero attached hydrogens (tertiary/aromatic N) is 3. The second-order valence-electron chi connectivity index (χ2n) is 7.19. The van der Waals surface area contributed by atoms with Crippen molar-refractivity contribution in [2.75, 3.05) is 6.54 Å². The summed E-state index contributed by atoms with van der Waals surface area (Å²) < 4.78 is 1.85. The topological polar surface area (TPSA) is 63.0 Å². The van der Waals surface area contributed by atoms with E-state index in [0.717, 1.165) is 48.3 Å². The van der Waals surface area contributed by atoms with Gasteiger partial charge in [-0.05, 0) is 30.5 Å². The third kappa shape index (κ3) is 3.41. The van der Waals surface area contributed by atoms with Gasteiger partial charge in [-0.3, -0.25) is 9.67 Å². The van der Waals surface area contributed by atoms with Crippen molar-refractivity contribution in [3.63, 3.8) is 0 Å². The van der Waals surface area contributed by atoms with Crippen LogP contribution in [0.3, 0.4) is 0 Å². The zero-order valence-corrected chi connectivity index (χ0v) is 15.0. The number of hydrogen-bond donors (Lipinski definition) is 2. The third-order valence-corrected chi connectivity index (χ3v) is 5.24. The highest BCUT2D eigenvalue weighted by Gasteiger charge is 2.48. The Bertz CT molecular complexity index is 856. The number of nitrogens with one attached hydrogen (secondary N) is 1. The molecule has 4 rings (SSSR count). The smallest absolute Gasteiger partial charge is 0.0969 e. The first-order valence-electron chi connectivity index (χ1n) is 9.05. The molecule has 5 nitrogen and oxygen atoms in total. The molecule has 1 atom stereocenters. The number of rotatable bonds is 7. The summed E-state index contributed by atoms with van der Waals surface area (Å²) in [6.07, 6.45) is 7.33. The van der Waals surface area contributed by atoms with Crippen LogP contribution in [0.15, 0.2) is 61.1 Å². The average Bonchev–Trinajstić information content (AvgIpc) is 3.38. The van der Waals surface area contributed by atoms with Crippen LogP contribution in [0.5, 0.6) is 0 Å². The largest absolute Gasteiger partial charge is 0.388 e. The van der Waals surface area contributed by atoms with E-state index in [1.807, 2.05) is 54.2 Å². The van der Waals surface area contributed by atoms with Crippen LogP contribution in [-0.4, -0.2) is 26.4 Å². The molecule has 0 radical (unpaired) electrons. The van der Waals surface area contributed by atoms with Crippen molar-refractivity contribution >= 4 is 0 Å². The highest BCUT2D eigenvalue weighted by Crippen LogP contribution is 2.54. The number of aliphatic hydroxyl groups excluding tert-OH is 1. The Kier molecular flexibility index (Phi) is 4.57. The molecule has 1 aliphatic rings. The van der Waals surface area contributed by atoms with Crippen molar-refractivity contribution in [3.05, 3.63) is 72.2 Å². The summed E-state index contributed by atoms with van der Waals surface area (Å²) in [6, 6.07) is 13.9. The SMILES string of the molecule is Cn1cc(CNCC2(C(O)c3ccccc3)CC2)c(-c2ccncc2)n1. The number of pyridine rings is 1. The molecule has 3 aromatic rings. The van der Waals surface area contributed by atoms with Crippen LogP contribution >= 0.6 is 0 Å². The third-order valence-electron chi connectivity index (χ3n) is 5.24. The van der Waals surface area contributed by atoms with Crippen LogP contribution in [0.2, 0.25) is 0 Å². The zero-order chi connectivity index (χ0) is 18.0. The Balaban J connectivity index is 1.43. The van der Waals surface area contributed by atoms with Gasteiger partial charge in [-0.15, -0.1) is 0 Å². The van der Waals surface area contributed by atoms with E-state index in [1.54, 1.807) is 12.4 Å². The molecular weight excluding hydrogens is 324 g/mol. The Labute approximate surface area is 153 Å². The molecule has 1 aliphatic carbocycles. The molecule has 0 bridgehead atoms. The summed E-state index contributed by atoms with van der Waals surface area (Å²) in [7, 11) is 1.94. The molecular formula is C21H24N4O. The van der Waals surface area contributed by atoms with E-state index in [9.17, 15) is 5.11 Å². The van der Waals surface area contributed by atoms with Gasteiger partial charge in [0.2, 0.25) is 0 Å². The van der Waals surface area contributed by atoms with E-state index >= 15 is 0 Å². The molecule has 0 amide bonds. The fourth-order valence-corrected chi connectivity index (χ4v) is 3.56. The quantitative estimate of drug-likeness (QED) is 0.689. The maximum Gasteiger partial charge on any atom is 0.0969 e. The monoisotopic (exact) mass is 348 g/mol.